The van der Waals surface area contributed by atoms with E-state index in [0.717, 1.165) is 45.8 Å². The van der Waals surface area contributed by atoms with Crippen LogP contribution in [0.2, 0.25) is 0 Å². The predicted octanol–water partition coefficient (Wildman–Crippen LogP) is 10.9. The van der Waals surface area contributed by atoms with Gasteiger partial charge in [0.2, 0.25) is 5.89 Å². The number of hydrogen-bond donors (Lipinski definition) is 0. The lowest BCUT2D eigenvalue weighted by Crippen LogP contribution is -2.35. The number of allylic oxidation sites excluding steroid dienone is 7. The zero-order chi connectivity index (χ0) is 34.1. The van der Waals surface area contributed by atoms with Gasteiger partial charge in [-0.25, -0.2) is 9.55 Å². The van der Waals surface area contributed by atoms with E-state index in [4.69, 9.17) is 9.40 Å². The average molecular weight is 652 g/mol. The Kier molecular flexibility index (Phi) is 8.09. The van der Waals surface area contributed by atoms with E-state index >= 15 is 0 Å². The molecule has 0 atom stereocenters. The van der Waals surface area contributed by atoms with Crippen LogP contribution in [0.3, 0.4) is 0 Å². The first kappa shape index (κ1) is 31.1. The second kappa shape index (κ2) is 13.0. The highest BCUT2D eigenvalue weighted by atomic mass is 16.3. The molecule has 0 fully saturated rings. The summed E-state index contributed by atoms with van der Waals surface area (Å²) in [6, 6.07) is 44.2. The highest BCUT2D eigenvalue weighted by Gasteiger charge is 2.40. The lowest BCUT2D eigenvalue weighted by atomic mass is 9.84. The molecule has 0 saturated heterocycles. The van der Waals surface area contributed by atoms with Gasteiger partial charge in [-0.05, 0) is 73.2 Å². The molecule has 1 aliphatic heterocycles. The van der Waals surface area contributed by atoms with Crippen LogP contribution in [0, 0.1) is 0 Å². The van der Waals surface area contributed by atoms with Crippen molar-refractivity contribution in [2.24, 2.45) is 0 Å². The van der Waals surface area contributed by atoms with E-state index in [9.17, 15) is 0 Å². The summed E-state index contributed by atoms with van der Waals surface area (Å²) in [7, 11) is 0. The van der Waals surface area contributed by atoms with Crippen molar-refractivity contribution in [1.29, 1.82) is 0 Å². The van der Waals surface area contributed by atoms with E-state index in [1.807, 2.05) is 24.3 Å². The summed E-state index contributed by atoms with van der Waals surface area (Å²) in [4.78, 5) is 7.14. The van der Waals surface area contributed by atoms with Crippen LogP contribution in [-0.2, 0) is 12.0 Å². The third-order valence-corrected chi connectivity index (χ3v) is 9.54. The highest BCUT2D eigenvalue weighted by molar-refractivity contribution is 5.83. The van der Waals surface area contributed by atoms with Gasteiger partial charge in [0.05, 0.1) is 6.54 Å². The minimum absolute atomic E-state index is 0.126. The van der Waals surface area contributed by atoms with Crippen LogP contribution in [0.4, 0.5) is 11.4 Å². The number of rotatable bonds is 8. The molecule has 5 heteroatoms. The molecule has 0 amide bonds. The molecule has 5 aromatic carbocycles. The van der Waals surface area contributed by atoms with Gasteiger partial charge in [-0.3, -0.25) is 0 Å². The number of benzene rings is 5. The van der Waals surface area contributed by atoms with Crippen molar-refractivity contribution in [1.82, 2.24) is 9.55 Å². The van der Waals surface area contributed by atoms with Crippen LogP contribution in [0.25, 0.3) is 45.4 Å². The molecule has 3 heterocycles. The molecule has 5 nitrogen and oxygen atoms in total. The third kappa shape index (κ3) is 5.47. The maximum absolute atomic E-state index is 6.13. The van der Waals surface area contributed by atoms with Crippen molar-refractivity contribution in [3.63, 3.8) is 0 Å². The van der Waals surface area contributed by atoms with Gasteiger partial charge in [0, 0.05) is 40.2 Å². The Labute approximate surface area is 293 Å². The number of nitrogens with zero attached hydrogens (tertiary/aromatic N) is 4. The number of imidazole rings is 1. The first-order valence-electron chi connectivity index (χ1n) is 17.2. The number of hydrogen-bond acceptors (Lipinski definition) is 3. The summed E-state index contributed by atoms with van der Waals surface area (Å²) >= 11 is 0. The Balaban J connectivity index is 1.12. The molecule has 2 aromatic heterocycles. The summed E-state index contributed by atoms with van der Waals surface area (Å²) < 4.78 is 10.8. The largest absolute Gasteiger partial charge is 0.436 e. The zero-order valence-corrected chi connectivity index (χ0v) is 28.6. The molecule has 0 N–H and O–H groups in total. The Bertz CT molecular complexity index is 2410. The monoisotopic (exact) mass is 651 g/mol. The average Bonchev–Trinajstić information content (AvgIpc) is 3.79. The van der Waals surface area contributed by atoms with Gasteiger partial charge in [0.25, 0.3) is 5.82 Å². The molecule has 0 saturated carbocycles. The SMILES string of the molecule is CC[n+]1c(/C=C/C=C/C=C/C=C2/N(c3ccccc3)c3ccccc3C2(C)C)n(-c2ccccc2)c2ccc(-c3nc4ccccc4o3)cc21. The van der Waals surface area contributed by atoms with Gasteiger partial charge in [-0.1, -0.05) is 111 Å². The second-order valence-electron chi connectivity index (χ2n) is 13.0. The van der Waals surface area contributed by atoms with Crippen LogP contribution < -0.4 is 9.47 Å². The fourth-order valence-corrected chi connectivity index (χ4v) is 7.13. The lowest BCUT2D eigenvalue weighted by Gasteiger charge is -2.27. The molecule has 0 aliphatic carbocycles. The fraction of sp³-hybridized carbons (Fsp3) is 0.111. The lowest BCUT2D eigenvalue weighted by molar-refractivity contribution is -0.670. The molecule has 50 heavy (non-hydrogen) atoms. The van der Waals surface area contributed by atoms with Crippen LogP contribution in [0.5, 0.6) is 0 Å². The van der Waals surface area contributed by atoms with Gasteiger partial charge in [0.1, 0.15) is 11.2 Å². The Morgan fingerprint density at radius 1 is 0.720 bits per heavy atom. The number of oxazole rings is 1. The summed E-state index contributed by atoms with van der Waals surface area (Å²) in [6.45, 7) is 7.60. The molecule has 244 valence electrons. The number of aryl methyl sites for hydroxylation is 1. The van der Waals surface area contributed by atoms with E-state index in [-0.39, 0.29) is 5.41 Å². The van der Waals surface area contributed by atoms with Gasteiger partial charge < -0.3 is 9.32 Å². The maximum atomic E-state index is 6.13. The molecule has 0 spiro atoms. The minimum atomic E-state index is -0.126. The van der Waals surface area contributed by atoms with Crippen molar-refractivity contribution in [3.05, 3.63) is 181 Å². The molecule has 0 radical (unpaired) electrons. The topological polar surface area (TPSA) is 38.1 Å². The first-order chi connectivity index (χ1) is 24.5. The molecule has 0 unspecified atom stereocenters. The van der Waals surface area contributed by atoms with Crippen LogP contribution in [-0.4, -0.2) is 9.55 Å². The van der Waals surface area contributed by atoms with Crippen LogP contribution in [0.15, 0.2) is 174 Å². The molecule has 0 bridgehead atoms. The quantitative estimate of drug-likeness (QED) is 0.121. The smallest absolute Gasteiger partial charge is 0.287 e. The highest BCUT2D eigenvalue weighted by Crippen LogP contribution is 2.50. The summed E-state index contributed by atoms with van der Waals surface area (Å²) in [5.41, 5.74) is 10.8. The Morgan fingerprint density at radius 3 is 2.18 bits per heavy atom. The standard InChI is InChI=1S/C45H39N4O/c1-4-47-40-32-33(44-46-37-25-17-19-27-41(37)50-44)30-31-39(40)49(35-22-12-9-13-23-35)43(47)29-15-7-5-6-14-28-42-45(2,3)36-24-16-18-26-38(36)48(42)34-20-10-8-11-21-34/h5-32H,4H2,1-3H3/q+1. The van der Waals surface area contributed by atoms with Gasteiger partial charge >= 0.3 is 0 Å². The number of fused-ring (bicyclic) bond motifs is 3. The number of anilines is 2. The maximum Gasteiger partial charge on any atom is 0.287 e. The van der Waals surface area contributed by atoms with E-state index in [1.165, 1.54) is 22.6 Å². The van der Waals surface area contributed by atoms with Gasteiger partial charge in [-0.15, -0.1) is 0 Å². The van der Waals surface area contributed by atoms with E-state index in [1.54, 1.807) is 0 Å². The summed E-state index contributed by atoms with van der Waals surface area (Å²) in [6.07, 6.45) is 15.0. The summed E-state index contributed by atoms with van der Waals surface area (Å²) in [5.74, 6) is 1.71. The summed E-state index contributed by atoms with van der Waals surface area (Å²) in [5, 5.41) is 0. The third-order valence-electron chi connectivity index (χ3n) is 9.54. The van der Waals surface area contributed by atoms with Crippen LogP contribution in [0.1, 0.15) is 32.2 Å². The van der Waals surface area contributed by atoms with Gasteiger partial charge in [0.15, 0.2) is 16.6 Å². The van der Waals surface area contributed by atoms with Crippen molar-refractivity contribution in [2.75, 3.05) is 4.90 Å². The Morgan fingerprint density at radius 2 is 1.40 bits per heavy atom. The molecule has 7 aromatic rings. The molecule has 1 aliphatic rings. The fourth-order valence-electron chi connectivity index (χ4n) is 7.13. The van der Waals surface area contributed by atoms with Crippen molar-refractivity contribution >= 4 is 39.6 Å². The second-order valence-corrected chi connectivity index (χ2v) is 13.0. The molecular weight excluding hydrogens is 613 g/mol. The van der Waals surface area contributed by atoms with E-state index in [2.05, 4.69) is 180 Å². The molecular formula is C45H39N4O+. The van der Waals surface area contributed by atoms with Gasteiger partial charge in [-0.2, -0.15) is 4.57 Å². The van der Waals surface area contributed by atoms with Crippen LogP contribution >= 0.6 is 0 Å². The predicted molar refractivity (Wildman–Crippen MR) is 206 cm³/mol. The van der Waals surface area contributed by atoms with Crippen molar-refractivity contribution in [3.8, 4) is 17.1 Å². The van der Waals surface area contributed by atoms with Crippen molar-refractivity contribution in [2.45, 2.75) is 32.7 Å². The number of para-hydroxylation sites is 5. The first-order valence-corrected chi connectivity index (χ1v) is 17.2. The molecule has 8 rings (SSSR count). The minimum Gasteiger partial charge on any atom is -0.436 e. The normalized spacial score (nSPS) is 15.1. The van der Waals surface area contributed by atoms with Crippen molar-refractivity contribution < 1.29 is 8.98 Å². The van der Waals surface area contributed by atoms with E-state index in [0.29, 0.717) is 5.89 Å². The number of aromatic nitrogens is 3. The van der Waals surface area contributed by atoms with E-state index < -0.39 is 0 Å². The Hall–Kier alpha value is -6.20. The zero-order valence-electron chi connectivity index (χ0n) is 28.6.